The largest absolute Gasteiger partial charge is 0.591 e. The Bertz CT molecular complexity index is 1710. The van der Waals surface area contributed by atoms with E-state index in [4.69, 9.17) is 9.40 Å². The van der Waals surface area contributed by atoms with Crippen LogP contribution in [0.25, 0.3) is 45.1 Å². The fourth-order valence-corrected chi connectivity index (χ4v) is 5.08. The molecule has 0 saturated heterocycles. The number of benzene rings is 3. The molecule has 6 rings (SSSR count). The van der Waals surface area contributed by atoms with E-state index in [9.17, 15) is 8.94 Å². The molecule has 7 nitrogen and oxygen atoms in total. The molecule has 1 unspecified atom stereocenters. The normalized spacial score (nSPS) is 14.9. The van der Waals surface area contributed by atoms with Gasteiger partial charge in [0.1, 0.15) is 33.8 Å². The highest BCUT2D eigenvalue weighted by molar-refractivity contribution is 7.91. The fourth-order valence-electron chi connectivity index (χ4n) is 4.54. The van der Waals surface area contributed by atoms with Crippen LogP contribution in [-0.2, 0) is 18.4 Å². The third kappa shape index (κ3) is 5.12. The first kappa shape index (κ1) is 25.5. The molecule has 1 fully saturated rings. The monoisotopic (exact) mass is 541 g/mol. The minimum atomic E-state index is -1.34. The van der Waals surface area contributed by atoms with Gasteiger partial charge in [0.05, 0.1) is 6.21 Å². The molecule has 5 aromatic rings. The second-order valence-corrected chi connectivity index (χ2v) is 12.8. The summed E-state index contributed by atoms with van der Waals surface area (Å²) >= 11 is -1.34. The number of oxazole rings is 1. The Morgan fingerprint density at radius 2 is 1.87 bits per heavy atom. The van der Waals surface area contributed by atoms with E-state index in [2.05, 4.69) is 20.7 Å². The van der Waals surface area contributed by atoms with Gasteiger partial charge in [0.25, 0.3) is 0 Å². The van der Waals surface area contributed by atoms with Crippen LogP contribution in [0.2, 0.25) is 0 Å². The van der Waals surface area contributed by atoms with Crippen LogP contribution in [0.15, 0.2) is 69.7 Å². The van der Waals surface area contributed by atoms with Crippen molar-refractivity contribution in [1.82, 2.24) is 19.7 Å². The van der Waals surface area contributed by atoms with Gasteiger partial charge in [0, 0.05) is 23.7 Å². The Morgan fingerprint density at radius 1 is 1.08 bits per heavy atom. The second kappa shape index (κ2) is 9.73. The number of aryl methyl sites for hydroxylation is 1. The van der Waals surface area contributed by atoms with Crippen molar-refractivity contribution in [3.63, 3.8) is 0 Å². The molecule has 0 amide bonds. The molecule has 2 heterocycles. The Labute approximate surface area is 229 Å². The van der Waals surface area contributed by atoms with E-state index in [0.29, 0.717) is 23.2 Å². The van der Waals surface area contributed by atoms with Crippen molar-refractivity contribution >= 4 is 28.7 Å². The van der Waals surface area contributed by atoms with Crippen molar-refractivity contribution in [2.45, 2.75) is 44.3 Å². The molecule has 1 aliphatic carbocycles. The number of halogens is 1. The van der Waals surface area contributed by atoms with Crippen LogP contribution in [-0.4, -0.2) is 35.3 Å². The molecule has 0 radical (unpaired) electrons. The van der Waals surface area contributed by atoms with Crippen LogP contribution >= 0.6 is 0 Å². The number of rotatable bonds is 6. The van der Waals surface area contributed by atoms with Gasteiger partial charge in [-0.1, -0.05) is 22.6 Å². The lowest BCUT2D eigenvalue weighted by Gasteiger charge is -2.17. The van der Waals surface area contributed by atoms with E-state index in [0.717, 1.165) is 51.8 Å². The molecule has 0 N–H and O–H groups in total. The zero-order chi connectivity index (χ0) is 27.3. The van der Waals surface area contributed by atoms with Gasteiger partial charge in [-0.05, 0) is 92.6 Å². The third-order valence-electron chi connectivity index (χ3n) is 6.73. The first-order chi connectivity index (χ1) is 18.7. The highest BCUT2D eigenvalue weighted by Gasteiger charge is 2.29. The fraction of sp³-hybridized carbons (Fsp3) is 0.267. The average molecular weight is 542 g/mol. The zero-order valence-corrected chi connectivity index (χ0v) is 23.0. The van der Waals surface area contributed by atoms with Crippen molar-refractivity contribution in [1.29, 1.82) is 0 Å². The maximum atomic E-state index is 14.2. The number of hydrogen-bond donors (Lipinski definition) is 0. The van der Waals surface area contributed by atoms with E-state index in [1.54, 1.807) is 23.2 Å². The molecule has 39 heavy (non-hydrogen) atoms. The molecular formula is C30H28FN5O2S. The minimum Gasteiger partial charge on any atom is -0.591 e. The lowest BCUT2D eigenvalue weighted by Crippen LogP contribution is -2.25. The topological polar surface area (TPSA) is 92.2 Å². The van der Waals surface area contributed by atoms with Crippen LogP contribution in [0.5, 0.6) is 0 Å². The average Bonchev–Trinajstić information content (AvgIpc) is 3.52. The zero-order valence-electron chi connectivity index (χ0n) is 22.2. The molecule has 1 aliphatic rings. The molecule has 0 spiro atoms. The maximum absolute atomic E-state index is 14.2. The highest BCUT2D eigenvalue weighted by Crippen LogP contribution is 2.44. The molecule has 0 bridgehead atoms. The predicted octanol–water partition coefficient (Wildman–Crippen LogP) is 6.85. The standard InChI is InChI=1S/C30H28FN5O2S/c1-30(2,3)39(37)33-16-18-12-24(19-8-9-19)27-26(13-18)34-29(38-27)21-7-5-6-20(14-21)23-11-10-22(31)15-25(23)28-35-32-17-36(28)4/h5-7,10-17,19H,8-9H2,1-4H3. The lowest BCUT2D eigenvalue weighted by atomic mass is 9.97. The summed E-state index contributed by atoms with van der Waals surface area (Å²) in [6.45, 7) is 5.71. The van der Waals surface area contributed by atoms with E-state index >= 15 is 0 Å². The summed E-state index contributed by atoms with van der Waals surface area (Å²) < 4.78 is 38.7. The van der Waals surface area contributed by atoms with Crippen molar-refractivity contribution in [2.75, 3.05) is 0 Å². The van der Waals surface area contributed by atoms with Gasteiger partial charge in [-0.15, -0.1) is 10.2 Å². The Kier molecular flexibility index (Phi) is 6.35. The number of nitrogens with zero attached hydrogens (tertiary/aromatic N) is 5. The van der Waals surface area contributed by atoms with Gasteiger partial charge in [0.2, 0.25) is 5.89 Å². The summed E-state index contributed by atoms with van der Waals surface area (Å²) in [7, 11) is 1.83. The maximum Gasteiger partial charge on any atom is 0.227 e. The van der Waals surface area contributed by atoms with Gasteiger partial charge >= 0.3 is 0 Å². The van der Waals surface area contributed by atoms with E-state index in [1.165, 1.54) is 12.1 Å². The molecule has 1 atom stereocenters. The number of fused-ring (bicyclic) bond motifs is 1. The second-order valence-electron chi connectivity index (χ2n) is 10.9. The quantitative estimate of drug-likeness (QED) is 0.173. The number of hydrogen-bond acceptors (Lipinski definition) is 6. The summed E-state index contributed by atoms with van der Waals surface area (Å²) in [6, 6.07) is 16.5. The molecule has 3 aromatic carbocycles. The Balaban J connectivity index is 1.41. The van der Waals surface area contributed by atoms with Gasteiger partial charge in [-0.25, -0.2) is 9.37 Å². The van der Waals surface area contributed by atoms with Crippen molar-refractivity contribution < 1.29 is 13.4 Å². The summed E-state index contributed by atoms with van der Waals surface area (Å²) in [6.07, 6.45) is 5.47. The summed E-state index contributed by atoms with van der Waals surface area (Å²) in [5.74, 6) is 1.16. The third-order valence-corrected chi connectivity index (χ3v) is 8.08. The molecule has 2 aromatic heterocycles. The molecular weight excluding hydrogens is 513 g/mol. The summed E-state index contributed by atoms with van der Waals surface area (Å²) in [5, 5.41) is 8.15. The molecule has 1 saturated carbocycles. The van der Waals surface area contributed by atoms with Crippen LogP contribution in [0.3, 0.4) is 0 Å². The SMILES string of the molecule is Cn1cnnc1-c1cc(F)ccc1-c1cccc(-c2nc3cc(C=N[S+]([O-])C(C)(C)C)cc(C4CC4)c3o2)c1. The lowest BCUT2D eigenvalue weighted by molar-refractivity contribution is 0.562. The van der Waals surface area contributed by atoms with E-state index in [1.807, 2.05) is 58.2 Å². The van der Waals surface area contributed by atoms with Gasteiger partial charge in [-0.3, -0.25) is 0 Å². The van der Waals surface area contributed by atoms with E-state index < -0.39 is 16.1 Å². The van der Waals surface area contributed by atoms with Gasteiger partial charge in [0.15, 0.2) is 11.4 Å². The van der Waals surface area contributed by atoms with Crippen molar-refractivity contribution in [2.24, 2.45) is 11.4 Å². The van der Waals surface area contributed by atoms with Crippen LogP contribution in [0.1, 0.15) is 50.7 Å². The molecule has 9 heteroatoms. The Hall–Kier alpha value is -3.82. The molecule has 198 valence electrons. The first-order valence-corrected chi connectivity index (χ1v) is 13.9. The van der Waals surface area contributed by atoms with E-state index in [-0.39, 0.29) is 5.82 Å². The minimum absolute atomic E-state index is 0.342. The van der Waals surface area contributed by atoms with Crippen LogP contribution < -0.4 is 0 Å². The van der Waals surface area contributed by atoms with Gasteiger partial charge < -0.3 is 13.5 Å². The van der Waals surface area contributed by atoms with Crippen LogP contribution in [0.4, 0.5) is 4.39 Å². The highest BCUT2D eigenvalue weighted by atomic mass is 32.2. The smallest absolute Gasteiger partial charge is 0.227 e. The van der Waals surface area contributed by atoms with Gasteiger partial charge in [-0.2, -0.15) is 0 Å². The Morgan fingerprint density at radius 3 is 2.59 bits per heavy atom. The number of aromatic nitrogens is 4. The first-order valence-electron chi connectivity index (χ1n) is 12.8. The summed E-state index contributed by atoms with van der Waals surface area (Å²) in [4.78, 5) is 4.84. The van der Waals surface area contributed by atoms with Crippen molar-refractivity contribution in [3.05, 3.63) is 77.9 Å². The van der Waals surface area contributed by atoms with Crippen molar-refractivity contribution in [3.8, 4) is 34.0 Å². The molecule has 0 aliphatic heterocycles. The summed E-state index contributed by atoms with van der Waals surface area (Å²) in [5.41, 5.74) is 6.64. The van der Waals surface area contributed by atoms with Crippen LogP contribution in [0, 0.1) is 5.82 Å². The predicted molar refractivity (Wildman–Crippen MR) is 152 cm³/mol.